The maximum atomic E-state index is 13.3. The van der Waals surface area contributed by atoms with Crippen molar-refractivity contribution in [3.8, 4) is 10.4 Å². The number of benzene rings is 2. The van der Waals surface area contributed by atoms with E-state index in [4.69, 9.17) is 13.1 Å². The van der Waals surface area contributed by atoms with Gasteiger partial charge in [-0.05, 0) is 53.9 Å². The summed E-state index contributed by atoms with van der Waals surface area (Å²) < 4.78 is 30.7. The Labute approximate surface area is 235 Å². The monoisotopic (exact) mass is 744 g/mol. The first-order valence-electron chi connectivity index (χ1n) is 10.6. The molecule has 0 spiro atoms. The number of aliphatic hydroxyl groups is 1. The number of hydrogen-bond acceptors (Lipinski definition) is 7. The van der Waals surface area contributed by atoms with Crippen molar-refractivity contribution in [3.63, 3.8) is 0 Å². The van der Waals surface area contributed by atoms with Gasteiger partial charge in [-0.3, -0.25) is 0 Å². The molecule has 4 nitrogen and oxygen atoms in total. The molecule has 3 unspecified atom stereocenters. The summed E-state index contributed by atoms with van der Waals surface area (Å²) in [6, 6.07) is 16.8. The second-order valence-electron chi connectivity index (χ2n) is 8.18. The SMILES string of the molecule is Cc1ccc(C2(O)CC(OSI)CC(COSI)O2)cc1Cc1ccc(-c2ccc(F)cc2)s1. The Morgan fingerprint density at radius 2 is 1.94 bits per heavy atom. The van der Waals surface area contributed by atoms with E-state index in [1.54, 1.807) is 23.5 Å². The van der Waals surface area contributed by atoms with E-state index in [0.717, 1.165) is 33.6 Å². The van der Waals surface area contributed by atoms with Gasteiger partial charge in [-0.15, -0.1) is 11.3 Å². The maximum Gasteiger partial charge on any atom is 0.195 e. The molecule has 1 aliphatic heterocycles. The van der Waals surface area contributed by atoms with Crippen molar-refractivity contribution in [1.82, 2.24) is 0 Å². The Morgan fingerprint density at radius 3 is 2.68 bits per heavy atom. The van der Waals surface area contributed by atoms with Crippen LogP contribution in [0, 0.1) is 12.7 Å². The summed E-state index contributed by atoms with van der Waals surface area (Å²) in [5.74, 6) is -1.68. The highest BCUT2D eigenvalue weighted by Crippen LogP contribution is 2.40. The number of halogens is 3. The molecule has 1 aliphatic rings. The van der Waals surface area contributed by atoms with Gasteiger partial charge < -0.3 is 18.2 Å². The van der Waals surface area contributed by atoms with E-state index in [1.165, 1.54) is 35.4 Å². The molecule has 1 aromatic heterocycles. The zero-order chi connectivity index (χ0) is 24.1. The van der Waals surface area contributed by atoms with Gasteiger partial charge in [0.2, 0.25) is 0 Å². The van der Waals surface area contributed by atoms with Gasteiger partial charge in [0.15, 0.2) is 5.79 Å². The molecule has 4 rings (SSSR count). The van der Waals surface area contributed by atoms with Gasteiger partial charge in [-0.2, -0.15) is 0 Å². The number of thiophene rings is 1. The minimum atomic E-state index is -1.45. The van der Waals surface area contributed by atoms with Gasteiger partial charge in [-0.1, -0.05) is 24.3 Å². The van der Waals surface area contributed by atoms with Crippen molar-refractivity contribution >= 4 is 72.2 Å². The Kier molecular flexibility index (Phi) is 10.0. The van der Waals surface area contributed by atoms with Crippen molar-refractivity contribution in [1.29, 1.82) is 0 Å². The lowest BCUT2D eigenvalue weighted by atomic mass is 9.90. The van der Waals surface area contributed by atoms with Gasteiger partial charge in [0.25, 0.3) is 0 Å². The third kappa shape index (κ3) is 6.88. The van der Waals surface area contributed by atoms with E-state index in [0.29, 0.717) is 19.4 Å². The number of rotatable bonds is 9. The fourth-order valence-electron chi connectivity index (χ4n) is 4.11. The van der Waals surface area contributed by atoms with Crippen LogP contribution in [-0.4, -0.2) is 23.9 Å². The Bertz CT molecular complexity index is 1100. The molecule has 182 valence electrons. The molecule has 1 saturated heterocycles. The van der Waals surface area contributed by atoms with Crippen LogP contribution in [0.3, 0.4) is 0 Å². The second kappa shape index (κ2) is 12.5. The quantitative estimate of drug-likeness (QED) is 0.176. The van der Waals surface area contributed by atoms with Gasteiger partial charge in [0, 0.05) is 77.0 Å². The van der Waals surface area contributed by atoms with Crippen LogP contribution in [0.25, 0.3) is 10.4 Å². The van der Waals surface area contributed by atoms with Crippen LogP contribution in [0.2, 0.25) is 0 Å². The number of ether oxygens (including phenoxy) is 1. The Balaban J connectivity index is 1.55. The van der Waals surface area contributed by atoms with Crippen molar-refractivity contribution < 1.29 is 22.6 Å². The summed E-state index contributed by atoms with van der Waals surface area (Å²) in [6.45, 7) is 2.45. The van der Waals surface area contributed by atoms with Crippen LogP contribution in [-0.2, 0) is 25.3 Å². The fourth-order valence-corrected chi connectivity index (χ4v) is 6.92. The first-order valence-corrected chi connectivity index (χ1v) is 18.0. The van der Waals surface area contributed by atoms with Crippen molar-refractivity contribution in [3.05, 3.63) is 82.0 Å². The Morgan fingerprint density at radius 1 is 1.15 bits per heavy atom. The van der Waals surface area contributed by atoms with Crippen LogP contribution < -0.4 is 0 Å². The van der Waals surface area contributed by atoms with Gasteiger partial charge in [0.1, 0.15) is 5.82 Å². The zero-order valence-electron chi connectivity index (χ0n) is 18.2. The summed E-state index contributed by atoms with van der Waals surface area (Å²) >= 11 is 5.87. The smallest absolute Gasteiger partial charge is 0.195 e. The summed E-state index contributed by atoms with van der Waals surface area (Å²) in [7, 11) is 2.53. The lowest BCUT2D eigenvalue weighted by molar-refractivity contribution is -0.281. The highest BCUT2D eigenvalue weighted by Gasteiger charge is 2.42. The minimum Gasteiger partial charge on any atom is -0.362 e. The van der Waals surface area contributed by atoms with Crippen LogP contribution in [0.15, 0.2) is 54.6 Å². The van der Waals surface area contributed by atoms with E-state index in [9.17, 15) is 9.50 Å². The van der Waals surface area contributed by atoms with Crippen molar-refractivity contribution in [2.45, 2.75) is 44.2 Å². The molecule has 0 radical (unpaired) electrons. The first-order chi connectivity index (χ1) is 16.4. The first kappa shape index (κ1) is 27.1. The third-order valence-electron chi connectivity index (χ3n) is 5.82. The zero-order valence-corrected chi connectivity index (χ0v) is 25.0. The molecule has 3 aromatic rings. The highest BCUT2D eigenvalue weighted by molar-refractivity contribution is 14.2. The molecule has 2 aromatic carbocycles. The van der Waals surface area contributed by atoms with Gasteiger partial charge in [0.05, 0.1) is 37.2 Å². The van der Waals surface area contributed by atoms with E-state index < -0.39 is 5.79 Å². The topological polar surface area (TPSA) is 47.9 Å². The normalized spacial score (nSPS) is 22.7. The van der Waals surface area contributed by atoms with E-state index in [2.05, 4.69) is 61.5 Å². The molecular formula is C24H23FI2O4S3. The highest BCUT2D eigenvalue weighted by atomic mass is 127. The molecule has 0 amide bonds. The van der Waals surface area contributed by atoms with Crippen LogP contribution >= 0.6 is 72.2 Å². The standard InChI is InChI=1S/C24H23FI2O4S3/c1-15-2-5-18(24(28)13-20(31-34-27)12-21(30-24)14-29-33-26)10-17(15)11-22-8-9-23(32-22)16-3-6-19(25)7-4-16/h2-10,20-21,28H,11-14H2,1H3. The molecule has 10 heteroatoms. The largest absolute Gasteiger partial charge is 0.362 e. The summed E-state index contributed by atoms with van der Waals surface area (Å²) in [5.41, 5.74) is 4.01. The third-order valence-corrected chi connectivity index (χ3v) is 8.91. The van der Waals surface area contributed by atoms with Crippen LogP contribution in [0.1, 0.15) is 34.4 Å². The lowest BCUT2D eigenvalue weighted by Crippen LogP contribution is -2.45. The van der Waals surface area contributed by atoms with E-state index in [1.807, 2.05) is 18.2 Å². The lowest BCUT2D eigenvalue weighted by Gasteiger charge is -2.40. The Hall–Kier alpha value is 0.0700. The van der Waals surface area contributed by atoms with Gasteiger partial charge >= 0.3 is 0 Å². The second-order valence-corrected chi connectivity index (χ2v) is 12.2. The molecule has 0 saturated carbocycles. The molecule has 0 aliphatic carbocycles. The van der Waals surface area contributed by atoms with Gasteiger partial charge in [-0.25, -0.2) is 4.39 Å². The number of aryl methyl sites for hydroxylation is 1. The average Bonchev–Trinajstić information content (AvgIpc) is 3.28. The summed E-state index contributed by atoms with van der Waals surface area (Å²) in [6.07, 6.45) is 1.34. The molecule has 3 atom stereocenters. The fraction of sp³-hybridized carbons (Fsp3) is 0.333. The van der Waals surface area contributed by atoms with Crippen LogP contribution in [0.5, 0.6) is 0 Å². The van der Waals surface area contributed by atoms with Crippen LogP contribution in [0.4, 0.5) is 4.39 Å². The number of hydrogen-bond donors (Lipinski definition) is 1. The average molecular weight is 744 g/mol. The minimum absolute atomic E-state index is 0.145. The van der Waals surface area contributed by atoms with Crippen molar-refractivity contribution in [2.24, 2.45) is 0 Å². The predicted octanol–water partition coefficient (Wildman–Crippen LogP) is 8.18. The van der Waals surface area contributed by atoms with E-state index in [-0.39, 0.29) is 18.0 Å². The maximum absolute atomic E-state index is 13.3. The van der Waals surface area contributed by atoms with Crippen molar-refractivity contribution in [2.75, 3.05) is 6.61 Å². The molecule has 1 N–H and O–H groups in total. The summed E-state index contributed by atoms with van der Waals surface area (Å²) in [5, 5.41) is 11.6. The molecule has 1 fully saturated rings. The van der Waals surface area contributed by atoms with E-state index >= 15 is 0 Å². The molecule has 0 bridgehead atoms. The predicted molar refractivity (Wildman–Crippen MR) is 156 cm³/mol. The molecule has 2 heterocycles. The molecule has 34 heavy (non-hydrogen) atoms. The molecular weight excluding hydrogens is 721 g/mol. The summed E-state index contributed by atoms with van der Waals surface area (Å²) in [4.78, 5) is 2.30.